The molecule has 0 aliphatic carbocycles. The topological polar surface area (TPSA) is 73.7 Å². The standard InChI is InChI=1S/C11H18N2O3S/c1-3-13(4-5-14)6-8(2)10-12-9(7-17-10)11(15)16/h7-8,14H,3-6H2,1-2H3,(H,15,16). The van der Waals surface area contributed by atoms with Crippen molar-refractivity contribution >= 4 is 17.3 Å². The molecular formula is C11H18N2O3S. The zero-order valence-electron chi connectivity index (χ0n) is 10.1. The monoisotopic (exact) mass is 258 g/mol. The first kappa shape index (κ1) is 14.1. The van der Waals surface area contributed by atoms with Crippen molar-refractivity contribution < 1.29 is 15.0 Å². The van der Waals surface area contributed by atoms with Crippen molar-refractivity contribution in [2.45, 2.75) is 19.8 Å². The van der Waals surface area contributed by atoms with Crippen LogP contribution in [0.25, 0.3) is 0 Å². The Morgan fingerprint density at radius 1 is 1.65 bits per heavy atom. The molecule has 0 bridgehead atoms. The van der Waals surface area contributed by atoms with E-state index in [1.165, 1.54) is 11.3 Å². The Morgan fingerprint density at radius 3 is 2.82 bits per heavy atom. The fraction of sp³-hybridized carbons (Fsp3) is 0.636. The van der Waals surface area contributed by atoms with Crippen molar-refractivity contribution in [2.24, 2.45) is 0 Å². The predicted molar refractivity (Wildman–Crippen MR) is 66.7 cm³/mol. The Kier molecular flexibility index (Phi) is 5.54. The van der Waals surface area contributed by atoms with Gasteiger partial charge in [-0.05, 0) is 6.54 Å². The van der Waals surface area contributed by atoms with E-state index in [-0.39, 0.29) is 18.2 Å². The number of aliphatic hydroxyl groups excluding tert-OH is 1. The van der Waals surface area contributed by atoms with Crippen LogP contribution in [-0.2, 0) is 0 Å². The van der Waals surface area contributed by atoms with E-state index < -0.39 is 5.97 Å². The maximum atomic E-state index is 10.7. The average molecular weight is 258 g/mol. The van der Waals surface area contributed by atoms with E-state index >= 15 is 0 Å². The molecule has 0 aliphatic heterocycles. The van der Waals surface area contributed by atoms with E-state index in [1.54, 1.807) is 5.38 Å². The molecular weight excluding hydrogens is 240 g/mol. The number of aliphatic hydroxyl groups is 1. The number of aromatic nitrogens is 1. The van der Waals surface area contributed by atoms with Crippen LogP contribution in [-0.4, -0.2) is 52.3 Å². The number of hydrogen-bond donors (Lipinski definition) is 2. The second-order valence-electron chi connectivity index (χ2n) is 3.89. The first-order valence-corrected chi connectivity index (χ1v) is 6.48. The van der Waals surface area contributed by atoms with Gasteiger partial charge in [-0.3, -0.25) is 0 Å². The third-order valence-corrected chi connectivity index (χ3v) is 3.63. The summed E-state index contributed by atoms with van der Waals surface area (Å²) in [4.78, 5) is 16.9. The lowest BCUT2D eigenvalue weighted by Crippen LogP contribution is -2.30. The molecule has 1 atom stereocenters. The van der Waals surface area contributed by atoms with Crippen LogP contribution in [0.5, 0.6) is 0 Å². The highest BCUT2D eigenvalue weighted by atomic mass is 32.1. The molecule has 0 amide bonds. The molecule has 1 unspecified atom stereocenters. The van der Waals surface area contributed by atoms with E-state index in [9.17, 15) is 4.79 Å². The Hall–Kier alpha value is -0.980. The molecule has 0 saturated carbocycles. The number of likely N-dealkylation sites (N-methyl/N-ethyl adjacent to an activating group) is 1. The van der Waals surface area contributed by atoms with Crippen molar-refractivity contribution in [3.05, 3.63) is 16.1 Å². The van der Waals surface area contributed by atoms with Gasteiger partial charge in [-0.25, -0.2) is 9.78 Å². The number of hydrogen-bond acceptors (Lipinski definition) is 5. The van der Waals surface area contributed by atoms with Crippen LogP contribution in [0.15, 0.2) is 5.38 Å². The summed E-state index contributed by atoms with van der Waals surface area (Å²) in [6.07, 6.45) is 0. The summed E-state index contributed by atoms with van der Waals surface area (Å²) in [5.41, 5.74) is 0.113. The summed E-state index contributed by atoms with van der Waals surface area (Å²) >= 11 is 1.38. The minimum absolute atomic E-state index is 0.113. The third kappa shape index (κ3) is 4.07. The molecule has 1 rings (SSSR count). The van der Waals surface area contributed by atoms with Gasteiger partial charge in [0.1, 0.15) is 0 Å². The van der Waals surface area contributed by atoms with Crippen molar-refractivity contribution in [1.29, 1.82) is 0 Å². The maximum absolute atomic E-state index is 10.7. The highest BCUT2D eigenvalue weighted by Gasteiger charge is 2.16. The van der Waals surface area contributed by atoms with Gasteiger partial charge in [0.15, 0.2) is 5.69 Å². The van der Waals surface area contributed by atoms with Crippen LogP contribution in [0.3, 0.4) is 0 Å². The Bertz CT molecular complexity index is 367. The first-order valence-electron chi connectivity index (χ1n) is 5.60. The van der Waals surface area contributed by atoms with Crippen LogP contribution in [0.2, 0.25) is 0 Å². The minimum atomic E-state index is -0.984. The molecule has 0 aromatic carbocycles. The second kappa shape index (κ2) is 6.68. The lowest BCUT2D eigenvalue weighted by molar-refractivity contribution is 0.0691. The van der Waals surface area contributed by atoms with Crippen molar-refractivity contribution in [1.82, 2.24) is 9.88 Å². The van der Waals surface area contributed by atoms with Crippen LogP contribution in [0.4, 0.5) is 0 Å². The van der Waals surface area contributed by atoms with Gasteiger partial charge in [-0.2, -0.15) is 0 Å². The quantitative estimate of drug-likeness (QED) is 0.770. The molecule has 0 radical (unpaired) electrons. The van der Waals surface area contributed by atoms with Gasteiger partial charge < -0.3 is 15.1 Å². The zero-order valence-corrected chi connectivity index (χ0v) is 10.9. The normalized spacial score (nSPS) is 12.9. The lowest BCUT2D eigenvalue weighted by atomic mass is 10.2. The highest BCUT2D eigenvalue weighted by Crippen LogP contribution is 2.21. The Morgan fingerprint density at radius 2 is 2.35 bits per heavy atom. The molecule has 1 heterocycles. The van der Waals surface area contributed by atoms with Crippen LogP contribution in [0, 0.1) is 0 Å². The molecule has 2 N–H and O–H groups in total. The van der Waals surface area contributed by atoms with Crippen LogP contribution in [0.1, 0.15) is 35.3 Å². The SMILES string of the molecule is CCN(CCO)CC(C)c1nc(C(=O)O)cs1. The fourth-order valence-corrected chi connectivity index (χ4v) is 2.44. The Balaban J connectivity index is 2.61. The number of carboxylic acids is 1. The van der Waals surface area contributed by atoms with E-state index in [4.69, 9.17) is 10.2 Å². The molecule has 1 aromatic rings. The molecule has 17 heavy (non-hydrogen) atoms. The van der Waals surface area contributed by atoms with Gasteiger partial charge >= 0.3 is 5.97 Å². The summed E-state index contributed by atoms with van der Waals surface area (Å²) in [7, 11) is 0. The number of carbonyl (C=O) groups is 1. The van der Waals surface area contributed by atoms with Gasteiger partial charge in [0, 0.05) is 24.4 Å². The fourth-order valence-electron chi connectivity index (χ4n) is 1.60. The van der Waals surface area contributed by atoms with Gasteiger partial charge in [0.2, 0.25) is 0 Å². The van der Waals surface area contributed by atoms with E-state index in [0.717, 1.165) is 18.1 Å². The maximum Gasteiger partial charge on any atom is 0.355 e. The summed E-state index contributed by atoms with van der Waals surface area (Å²) in [5, 5.41) is 20.1. The van der Waals surface area contributed by atoms with Crippen molar-refractivity contribution in [2.75, 3.05) is 26.2 Å². The summed E-state index contributed by atoms with van der Waals surface area (Å²) in [5.74, 6) is -0.804. The number of rotatable bonds is 7. The van der Waals surface area contributed by atoms with Gasteiger partial charge in [-0.1, -0.05) is 13.8 Å². The van der Waals surface area contributed by atoms with Crippen LogP contribution >= 0.6 is 11.3 Å². The molecule has 1 aromatic heterocycles. The smallest absolute Gasteiger partial charge is 0.355 e. The number of thiazole rings is 1. The molecule has 6 heteroatoms. The van der Waals surface area contributed by atoms with Gasteiger partial charge in [0.25, 0.3) is 0 Å². The first-order chi connectivity index (χ1) is 8.08. The number of nitrogens with zero attached hydrogens (tertiary/aromatic N) is 2. The van der Waals surface area contributed by atoms with E-state index in [1.807, 2.05) is 13.8 Å². The minimum Gasteiger partial charge on any atom is -0.476 e. The summed E-state index contributed by atoms with van der Waals surface area (Å²) in [6.45, 7) is 6.47. The number of carboxylic acid groups (broad SMARTS) is 1. The largest absolute Gasteiger partial charge is 0.476 e. The lowest BCUT2D eigenvalue weighted by Gasteiger charge is -2.22. The molecule has 0 saturated heterocycles. The van der Waals surface area contributed by atoms with Crippen molar-refractivity contribution in [3.8, 4) is 0 Å². The zero-order chi connectivity index (χ0) is 12.8. The molecule has 96 valence electrons. The van der Waals surface area contributed by atoms with E-state index in [0.29, 0.717) is 6.54 Å². The molecule has 0 spiro atoms. The van der Waals surface area contributed by atoms with Gasteiger partial charge in [0.05, 0.1) is 11.6 Å². The van der Waals surface area contributed by atoms with E-state index in [2.05, 4.69) is 9.88 Å². The molecule has 5 nitrogen and oxygen atoms in total. The summed E-state index contributed by atoms with van der Waals surface area (Å²) in [6, 6.07) is 0. The predicted octanol–water partition coefficient (Wildman–Crippen LogP) is 1.26. The average Bonchev–Trinajstić information content (AvgIpc) is 2.77. The van der Waals surface area contributed by atoms with Crippen LogP contribution < -0.4 is 0 Å². The van der Waals surface area contributed by atoms with Crippen molar-refractivity contribution in [3.63, 3.8) is 0 Å². The summed E-state index contributed by atoms with van der Waals surface area (Å²) < 4.78 is 0. The molecule has 0 aliphatic rings. The third-order valence-electron chi connectivity index (χ3n) is 2.56. The molecule has 0 fully saturated rings. The van der Waals surface area contributed by atoms with Gasteiger partial charge in [-0.15, -0.1) is 11.3 Å². The number of aromatic carboxylic acids is 1. The highest BCUT2D eigenvalue weighted by molar-refractivity contribution is 7.09. The second-order valence-corrected chi connectivity index (χ2v) is 4.78. The Labute approximate surface area is 105 Å².